The molecule has 0 amide bonds. The number of nitrogen functional groups attached to an aromatic ring is 1. The Hall–Kier alpha value is -2.41. The van der Waals surface area contributed by atoms with Gasteiger partial charge in [0.05, 0.1) is 18.8 Å². The first-order valence-electron chi connectivity index (χ1n) is 5.81. The predicted octanol–water partition coefficient (Wildman–Crippen LogP) is 2.58. The van der Waals surface area contributed by atoms with Crippen LogP contribution in [0.3, 0.4) is 0 Å². The van der Waals surface area contributed by atoms with Gasteiger partial charge in [-0.2, -0.15) is 5.26 Å². The summed E-state index contributed by atoms with van der Waals surface area (Å²) < 4.78 is 5.25. The molecule has 0 radical (unpaired) electrons. The van der Waals surface area contributed by atoms with E-state index in [-0.39, 0.29) is 0 Å². The molecule has 2 aromatic rings. The number of hydrogen-bond donors (Lipinski definition) is 2. The Morgan fingerprint density at radius 1 is 1.33 bits per heavy atom. The predicted molar refractivity (Wildman–Crippen MR) is 71.1 cm³/mol. The van der Waals surface area contributed by atoms with Crippen molar-refractivity contribution in [2.45, 2.75) is 12.8 Å². The number of nitrogens with two attached hydrogens (primary N) is 1. The maximum atomic E-state index is 8.70. The highest BCUT2D eigenvalue weighted by atomic mass is 16.3. The maximum Gasteiger partial charge on any atom is 0.105 e. The number of furan rings is 1. The van der Waals surface area contributed by atoms with E-state index < -0.39 is 0 Å². The highest BCUT2D eigenvalue weighted by molar-refractivity contribution is 5.58. The fourth-order valence-corrected chi connectivity index (χ4v) is 1.74. The fourth-order valence-electron chi connectivity index (χ4n) is 1.74. The Morgan fingerprint density at radius 3 is 2.94 bits per heavy atom. The van der Waals surface area contributed by atoms with E-state index in [0.29, 0.717) is 12.1 Å². The van der Waals surface area contributed by atoms with Crippen LogP contribution in [-0.2, 0) is 12.8 Å². The van der Waals surface area contributed by atoms with Crippen LogP contribution >= 0.6 is 0 Å². The average molecular weight is 241 g/mol. The summed E-state index contributed by atoms with van der Waals surface area (Å²) in [6.07, 6.45) is 2.83. The van der Waals surface area contributed by atoms with Crippen molar-refractivity contribution in [2.24, 2.45) is 0 Å². The van der Waals surface area contributed by atoms with Gasteiger partial charge >= 0.3 is 0 Å². The molecular formula is C14H15N3O. The van der Waals surface area contributed by atoms with Crippen molar-refractivity contribution in [1.82, 2.24) is 0 Å². The quantitative estimate of drug-likeness (QED) is 0.789. The molecule has 4 heteroatoms. The van der Waals surface area contributed by atoms with Gasteiger partial charge in [-0.05, 0) is 35.9 Å². The van der Waals surface area contributed by atoms with Gasteiger partial charge in [-0.25, -0.2) is 0 Å². The summed E-state index contributed by atoms with van der Waals surface area (Å²) >= 11 is 0. The molecule has 1 heterocycles. The molecule has 0 unspecified atom stereocenters. The minimum atomic E-state index is 0.333. The smallest absolute Gasteiger partial charge is 0.105 e. The average Bonchev–Trinajstić information content (AvgIpc) is 2.87. The zero-order valence-electron chi connectivity index (χ0n) is 10.0. The summed E-state index contributed by atoms with van der Waals surface area (Å²) in [4.78, 5) is 0. The number of benzene rings is 1. The first-order valence-corrected chi connectivity index (χ1v) is 5.81. The van der Waals surface area contributed by atoms with E-state index in [2.05, 4.69) is 11.4 Å². The van der Waals surface area contributed by atoms with Gasteiger partial charge in [0.15, 0.2) is 0 Å². The van der Waals surface area contributed by atoms with Crippen LogP contribution in [-0.4, -0.2) is 6.54 Å². The minimum Gasteiger partial charge on any atom is -0.469 e. The number of nitrogens with one attached hydrogen (secondary N) is 1. The molecule has 0 atom stereocenters. The molecule has 0 fully saturated rings. The van der Waals surface area contributed by atoms with Crippen molar-refractivity contribution in [3.05, 3.63) is 47.9 Å². The molecule has 2 rings (SSSR count). The van der Waals surface area contributed by atoms with Gasteiger partial charge < -0.3 is 15.5 Å². The number of anilines is 2. The molecule has 0 saturated heterocycles. The Morgan fingerprint density at radius 2 is 2.22 bits per heavy atom. The molecule has 92 valence electrons. The van der Waals surface area contributed by atoms with Crippen LogP contribution in [0.1, 0.15) is 11.3 Å². The molecule has 0 aliphatic rings. The van der Waals surface area contributed by atoms with Crippen LogP contribution in [0.15, 0.2) is 41.0 Å². The van der Waals surface area contributed by atoms with Crippen molar-refractivity contribution < 1.29 is 4.42 Å². The molecule has 18 heavy (non-hydrogen) atoms. The lowest BCUT2D eigenvalue weighted by Crippen LogP contribution is -2.05. The third-order valence-corrected chi connectivity index (χ3v) is 2.69. The van der Waals surface area contributed by atoms with Crippen LogP contribution in [0.4, 0.5) is 11.4 Å². The molecule has 0 spiro atoms. The SMILES string of the molecule is N#CCc1cc(NCCc2ccco2)ccc1N. The monoisotopic (exact) mass is 241 g/mol. The fraction of sp³-hybridized carbons (Fsp3) is 0.214. The van der Waals surface area contributed by atoms with Crippen LogP contribution in [0, 0.1) is 11.3 Å². The van der Waals surface area contributed by atoms with Crippen molar-refractivity contribution in [3.63, 3.8) is 0 Å². The topological polar surface area (TPSA) is 75.0 Å². The van der Waals surface area contributed by atoms with Gasteiger partial charge in [-0.1, -0.05) is 0 Å². The maximum absolute atomic E-state index is 8.70. The lowest BCUT2D eigenvalue weighted by Gasteiger charge is -2.08. The van der Waals surface area contributed by atoms with Crippen molar-refractivity contribution >= 4 is 11.4 Å². The Balaban J connectivity index is 1.93. The first kappa shape index (κ1) is 12.1. The highest BCUT2D eigenvalue weighted by Crippen LogP contribution is 2.18. The first-order chi connectivity index (χ1) is 8.79. The molecule has 0 aliphatic carbocycles. The Bertz CT molecular complexity index is 541. The van der Waals surface area contributed by atoms with Gasteiger partial charge in [-0.15, -0.1) is 0 Å². The van der Waals surface area contributed by atoms with Gasteiger partial charge in [0.25, 0.3) is 0 Å². The second-order valence-electron chi connectivity index (χ2n) is 4.00. The second-order valence-corrected chi connectivity index (χ2v) is 4.00. The van der Waals surface area contributed by atoms with Gasteiger partial charge in [0.1, 0.15) is 5.76 Å². The van der Waals surface area contributed by atoms with Gasteiger partial charge in [0.2, 0.25) is 0 Å². The third-order valence-electron chi connectivity index (χ3n) is 2.69. The van der Waals surface area contributed by atoms with Crippen LogP contribution in [0.5, 0.6) is 0 Å². The molecule has 4 nitrogen and oxygen atoms in total. The Kier molecular flexibility index (Phi) is 3.87. The standard InChI is InChI=1S/C14H15N3O/c15-7-5-11-10-12(3-4-14(11)16)17-8-6-13-2-1-9-18-13/h1-4,9-10,17H,5-6,8,16H2. The highest BCUT2D eigenvalue weighted by Gasteiger charge is 2.01. The molecule has 3 N–H and O–H groups in total. The number of nitrogens with zero attached hydrogens (tertiary/aromatic N) is 1. The normalized spacial score (nSPS) is 9.94. The summed E-state index contributed by atoms with van der Waals surface area (Å²) in [6.45, 7) is 0.781. The van der Waals surface area contributed by atoms with E-state index >= 15 is 0 Å². The van der Waals surface area contributed by atoms with Crippen LogP contribution < -0.4 is 11.1 Å². The van der Waals surface area contributed by atoms with Crippen LogP contribution in [0.25, 0.3) is 0 Å². The van der Waals surface area contributed by atoms with Gasteiger partial charge in [-0.3, -0.25) is 0 Å². The second kappa shape index (κ2) is 5.78. The van der Waals surface area contributed by atoms with E-state index in [1.54, 1.807) is 6.26 Å². The molecular weight excluding hydrogens is 226 g/mol. The summed E-state index contributed by atoms with van der Waals surface area (Å²) in [5.41, 5.74) is 8.28. The lowest BCUT2D eigenvalue weighted by molar-refractivity contribution is 0.513. The molecule has 1 aromatic heterocycles. The van der Waals surface area contributed by atoms with Crippen molar-refractivity contribution in [2.75, 3.05) is 17.6 Å². The largest absolute Gasteiger partial charge is 0.469 e. The molecule has 0 bridgehead atoms. The van der Waals surface area contributed by atoms with E-state index in [4.69, 9.17) is 15.4 Å². The zero-order valence-corrected chi connectivity index (χ0v) is 10.0. The summed E-state index contributed by atoms with van der Waals surface area (Å²) in [6, 6.07) is 11.6. The number of hydrogen-bond acceptors (Lipinski definition) is 4. The molecule has 1 aromatic carbocycles. The zero-order chi connectivity index (χ0) is 12.8. The third kappa shape index (κ3) is 3.05. The van der Waals surface area contributed by atoms with E-state index in [9.17, 15) is 0 Å². The lowest BCUT2D eigenvalue weighted by atomic mass is 10.1. The minimum absolute atomic E-state index is 0.333. The molecule has 0 saturated carbocycles. The Labute approximate surface area is 106 Å². The van der Waals surface area contributed by atoms with E-state index in [0.717, 1.165) is 30.0 Å². The van der Waals surface area contributed by atoms with Crippen molar-refractivity contribution in [3.8, 4) is 6.07 Å². The summed E-state index contributed by atoms with van der Waals surface area (Å²) in [5.74, 6) is 0.954. The summed E-state index contributed by atoms with van der Waals surface area (Å²) in [5, 5.41) is 12.0. The number of nitriles is 1. The van der Waals surface area contributed by atoms with E-state index in [1.807, 2.05) is 30.3 Å². The number of rotatable bonds is 5. The van der Waals surface area contributed by atoms with Crippen molar-refractivity contribution in [1.29, 1.82) is 5.26 Å². The van der Waals surface area contributed by atoms with Gasteiger partial charge in [0, 0.05) is 24.3 Å². The van der Waals surface area contributed by atoms with Crippen LogP contribution in [0.2, 0.25) is 0 Å². The molecule has 0 aliphatic heterocycles. The summed E-state index contributed by atoms with van der Waals surface area (Å²) in [7, 11) is 0. The van der Waals surface area contributed by atoms with E-state index in [1.165, 1.54) is 0 Å².